The number of carbonyl (C=O) groups excluding carboxylic acids is 2. The summed E-state index contributed by atoms with van der Waals surface area (Å²) in [6.07, 6.45) is 1.36. The highest BCUT2D eigenvalue weighted by molar-refractivity contribution is 5.94. The Labute approximate surface area is 165 Å². The molecule has 2 aromatic rings. The lowest BCUT2D eigenvalue weighted by atomic mass is 10.2. The van der Waals surface area contributed by atoms with Crippen LogP contribution in [-0.2, 0) is 17.9 Å². The summed E-state index contributed by atoms with van der Waals surface area (Å²) in [4.78, 5) is 34.1. The third-order valence-electron chi connectivity index (χ3n) is 4.85. The van der Waals surface area contributed by atoms with Crippen LogP contribution in [0.1, 0.15) is 21.9 Å². The van der Waals surface area contributed by atoms with E-state index in [1.54, 1.807) is 7.05 Å². The van der Waals surface area contributed by atoms with E-state index in [4.69, 9.17) is 4.42 Å². The van der Waals surface area contributed by atoms with Crippen molar-refractivity contribution < 1.29 is 14.0 Å². The molecule has 28 heavy (non-hydrogen) atoms. The third kappa shape index (κ3) is 5.40. The van der Waals surface area contributed by atoms with E-state index < -0.39 is 0 Å². The van der Waals surface area contributed by atoms with Crippen LogP contribution in [0.4, 0.5) is 0 Å². The lowest BCUT2D eigenvalue weighted by Crippen LogP contribution is -2.45. The van der Waals surface area contributed by atoms with Gasteiger partial charge in [-0.15, -0.1) is 0 Å². The van der Waals surface area contributed by atoms with Gasteiger partial charge in [0.05, 0.1) is 13.1 Å². The van der Waals surface area contributed by atoms with Crippen LogP contribution in [0.3, 0.4) is 0 Å². The smallest absolute Gasteiger partial charge is 0.276 e. The zero-order chi connectivity index (χ0) is 19.9. The van der Waals surface area contributed by atoms with Crippen LogP contribution in [-0.4, -0.2) is 78.3 Å². The van der Waals surface area contributed by atoms with Crippen LogP contribution >= 0.6 is 0 Å². The largest absolute Gasteiger partial charge is 0.447 e. The van der Waals surface area contributed by atoms with Gasteiger partial charge in [-0.3, -0.25) is 19.4 Å². The lowest BCUT2D eigenvalue weighted by molar-refractivity contribution is -0.121. The Morgan fingerprint density at radius 1 is 1.11 bits per heavy atom. The minimum atomic E-state index is -0.328. The molecule has 2 heterocycles. The first-order chi connectivity index (χ1) is 13.5. The van der Waals surface area contributed by atoms with Gasteiger partial charge in [-0.25, -0.2) is 4.98 Å². The highest BCUT2D eigenvalue weighted by Gasteiger charge is 2.21. The van der Waals surface area contributed by atoms with E-state index in [1.165, 1.54) is 23.8 Å². The maximum atomic E-state index is 12.3. The molecule has 1 aromatic carbocycles. The summed E-state index contributed by atoms with van der Waals surface area (Å²) in [5, 5.41) is 2.49. The minimum Gasteiger partial charge on any atom is -0.447 e. The fourth-order valence-corrected chi connectivity index (χ4v) is 3.18. The summed E-state index contributed by atoms with van der Waals surface area (Å²) in [6.45, 7) is 5.34. The molecule has 0 bridgehead atoms. The van der Waals surface area contributed by atoms with E-state index in [9.17, 15) is 9.59 Å². The van der Waals surface area contributed by atoms with E-state index in [0.717, 1.165) is 32.7 Å². The zero-order valence-corrected chi connectivity index (χ0v) is 16.4. The molecular formula is C20H27N5O3. The average Bonchev–Trinajstić information content (AvgIpc) is 3.18. The molecule has 1 saturated heterocycles. The molecule has 3 rings (SSSR count). The van der Waals surface area contributed by atoms with Crippen molar-refractivity contribution in [3.63, 3.8) is 0 Å². The molecule has 1 aromatic heterocycles. The van der Waals surface area contributed by atoms with Gasteiger partial charge in [0.2, 0.25) is 11.8 Å². The molecule has 0 spiro atoms. The first kappa shape index (κ1) is 20.0. The maximum Gasteiger partial charge on any atom is 0.276 e. The van der Waals surface area contributed by atoms with Gasteiger partial charge >= 0.3 is 0 Å². The summed E-state index contributed by atoms with van der Waals surface area (Å²) in [6, 6.07) is 10.5. The number of oxazole rings is 1. The second-order valence-electron chi connectivity index (χ2n) is 7.00. The number of benzene rings is 1. The van der Waals surface area contributed by atoms with Gasteiger partial charge in [0.15, 0.2) is 5.69 Å². The van der Waals surface area contributed by atoms with Gasteiger partial charge in [0.25, 0.3) is 5.91 Å². The average molecular weight is 385 g/mol. The van der Waals surface area contributed by atoms with Crippen LogP contribution in [0.15, 0.2) is 41.0 Å². The second-order valence-corrected chi connectivity index (χ2v) is 7.00. The third-order valence-corrected chi connectivity index (χ3v) is 4.85. The first-order valence-corrected chi connectivity index (χ1v) is 9.44. The number of hydrogen-bond donors (Lipinski definition) is 1. The number of nitrogens with zero attached hydrogens (tertiary/aromatic N) is 4. The molecular weight excluding hydrogens is 358 g/mol. The summed E-state index contributed by atoms with van der Waals surface area (Å²) in [5.74, 6) is -0.0348. The number of rotatable bonds is 7. The minimum absolute atomic E-state index is 0.0130. The van der Waals surface area contributed by atoms with Gasteiger partial charge in [0, 0.05) is 46.8 Å². The number of likely N-dealkylation sites (N-methyl/N-ethyl adjacent to an activating group) is 2. The molecule has 0 saturated carbocycles. The van der Waals surface area contributed by atoms with Crippen LogP contribution in [0, 0.1) is 0 Å². The number of hydrogen-bond acceptors (Lipinski definition) is 6. The Hall–Kier alpha value is -2.71. The molecule has 8 nitrogen and oxygen atoms in total. The van der Waals surface area contributed by atoms with Crippen molar-refractivity contribution in [2.45, 2.75) is 13.1 Å². The van der Waals surface area contributed by atoms with Crippen molar-refractivity contribution in [3.05, 3.63) is 53.7 Å². The molecule has 2 amide bonds. The van der Waals surface area contributed by atoms with Crippen molar-refractivity contribution in [1.29, 1.82) is 0 Å². The summed E-state index contributed by atoms with van der Waals surface area (Å²) < 4.78 is 5.48. The van der Waals surface area contributed by atoms with E-state index in [1.807, 2.05) is 6.07 Å². The van der Waals surface area contributed by atoms with Crippen LogP contribution in [0.2, 0.25) is 0 Å². The topological polar surface area (TPSA) is 81.9 Å². The molecule has 0 unspecified atom stereocenters. The normalized spacial score (nSPS) is 15.4. The molecule has 0 aliphatic carbocycles. The van der Waals surface area contributed by atoms with Crippen molar-refractivity contribution in [2.24, 2.45) is 0 Å². The number of carbonyl (C=O) groups is 2. The first-order valence-electron chi connectivity index (χ1n) is 9.44. The van der Waals surface area contributed by atoms with Gasteiger partial charge in [-0.2, -0.15) is 0 Å². The predicted molar refractivity (Wildman–Crippen MR) is 105 cm³/mol. The van der Waals surface area contributed by atoms with Gasteiger partial charge in [0.1, 0.15) is 6.26 Å². The maximum absolute atomic E-state index is 12.3. The van der Waals surface area contributed by atoms with Crippen molar-refractivity contribution in [1.82, 2.24) is 25.0 Å². The van der Waals surface area contributed by atoms with Crippen molar-refractivity contribution >= 4 is 11.8 Å². The quantitative estimate of drug-likeness (QED) is 0.760. The standard InChI is InChI=1S/C20H27N5O3/c1-21-18(26)13-23(2)20(27)17-15-28-19(22-17)14-25-10-8-24(9-11-25)12-16-6-4-3-5-7-16/h3-7,15H,8-14H2,1-2H3,(H,21,26). The van der Waals surface area contributed by atoms with E-state index in [2.05, 4.69) is 44.4 Å². The fraction of sp³-hybridized carbons (Fsp3) is 0.450. The van der Waals surface area contributed by atoms with E-state index in [0.29, 0.717) is 12.4 Å². The number of aromatic nitrogens is 1. The van der Waals surface area contributed by atoms with Gasteiger partial charge < -0.3 is 14.6 Å². The van der Waals surface area contributed by atoms with Gasteiger partial charge in [-0.05, 0) is 5.56 Å². The Bertz CT molecular complexity index is 784. The molecule has 1 aliphatic heterocycles. The van der Waals surface area contributed by atoms with Gasteiger partial charge in [-0.1, -0.05) is 30.3 Å². The number of nitrogens with one attached hydrogen (secondary N) is 1. The molecule has 1 aliphatic rings. The zero-order valence-electron chi connectivity index (χ0n) is 16.4. The summed E-state index contributed by atoms with van der Waals surface area (Å²) in [7, 11) is 3.10. The number of piperazine rings is 1. The Morgan fingerprint density at radius 2 is 1.75 bits per heavy atom. The summed E-state index contributed by atoms with van der Waals surface area (Å²) in [5.41, 5.74) is 1.55. The lowest BCUT2D eigenvalue weighted by Gasteiger charge is -2.34. The van der Waals surface area contributed by atoms with Crippen molar-refractivity contribution in [3.8, 4) is 0 Å². The molecule has 0 radical (unpaired) electrons. The molecule has 150 valence electrons. The van der Waals surface area contributed by atoms with Crippen LogP contribution in [0.5, 0.6) is 0 Å². The predicted octanol–water partition coefficient (Wildman–Crippen LogP) is 0.810. The molecule has 0 atom stereocenters. The highest BCUT2D eigenvalue weighted by Crippen LogP contribution is 2.12. The van der Waals surface area contributed by atoms with Crippen molar-refractivity contribution in [2.75, 3.05) is 46.8 Å². The molecule has 1 N–H and O–H groups in total. The number of amides is 2. The van der Waals surface area contributed by atoms with Crippen LogP contribution < -0.4 is 5.32 Å². The van der Waals surface area contributed by atoms with E-state index in [-0.39, 0.29) is 24.1 Å². The Morgan fingerprint density at radius 3 is 2.39 bits per heavy atom. The monoisotopic (exact) mass is 385 g/mol. The fourth-order valence-electron chi connectivity index (χ4n) is 3.18. The summed E-state index contributed by atoms with van der Waals surface area (Å²) >= 11 is 0. The molecule has 1 fully saturated rings. The SMILES string of the molecule is CNC(=O)CN(C)C(=O)c1coc(CN2CCN(Cc3ccccc3)CC2)n1. The Kier molecular flexibility index (Phi) is 6.78. The highest BCUT2D eigenvalue weighted by atomic mass is 16.3. The second kappa shape index (κ2) is 9.48. The molecule has 8 heteroatoms. The van der Waals surface area contributed by atoms with E-state index >= 15 is 0 Å². The Balaban J connectivity index is 1.47. The van der Waals surface area contributed by atoms with Crippen LogP contribution in [0.25, 0.3) is 0 Å².